The minimum Gasteiger partial charge on any atom is -0.457 e. The first kappa shape index (κ1) is 13.0. The van der Waals surface area contributed by atoms with E-state index < -0.39 is 0 Å². The van der Waals surface area contributed by atoms with Gasteiger partial charge in [-0.25, -0.2) is 0 Å². The number of para-hydroxylation sites is 1. The Hall–Kier alpha value is -1.03. The fourth-order valence-electron chi connectivity index (χ4n) is 1.09. The van der Waals surface area contributed by atoms with E-state index in [2.05, 4.69) is 35.2 Å². The lowest BCUT2D eigenvalue weighted by atomic mass is 10.3. The molecule has 1 aromatic carbocycles. The molecule has 0 saturated heterocycles. The molecule has 0 N–H and O–H groups in total. The number of allylic oxidation sites excluding steroid dienone is 4. The Morgan fingerprint density at radius 3 is 2.69 bits per heavy atom. The summed E-state index contributed by atoms with van der Waals surface area (Å²) in [5.41, 5.74) is 0. The summed E-state index contributed by atoms with van der Waals surface area (Å²) in [6.45, 7) is 3.73. The van der Waals surface area contributed by atoms with Crippen LogP contribution >= 0.6 is 22.6 Å². The Morgan fingerprint density at radius 1 is 1.31 bits per heavy atom. The normalized spacial score (nSPS) is 11.7. The Morgan fingerprint density at radius 2 is 2.06 bits per heavy atom. The van der Waals surface area contributed by atoms with Gasteiger partial charge in [-0.1, -0.05) is 59.5 Å². The zero-order valence-corrected chi connectivity index (χ0v) is 11.3. The Kier molecular flexibility index (Phi) is 6.65. The van der Waals surface area contributed by atoms with Gasteiger partial charge in [0, 0.05) is 4.43 Å². The Bertz CT molecular complexity index is 366. The molecule has 0 aliphatic carbocycles. The first-order valence-electron chi connectivity index (χ1n) is 5.15. The molecule has 2 heteroatoms. The predicted octanol–water partition coefficient (Wildman–Crippen LogP) is 4.52. The van der Waals surface area contributed by atoms with Crippen LogP contribution in [0.4, 0.5) is 0 Å². The third kappa shape index (κ3) is 5.16. The molecule has 0 radical (unpaired) electrons. The average Bonchev–Trinajstić information content (AvgIpc) is 2.34. The topological polar surface area (TPSA) is 9.23 Å². The highest BCUT2D eigenvalue weighted by Crippen LogP contribution is 2.13. The average molecular weight is 326 g/mol. The van der Waals surface area contributed by atoms with Crippen molar-refractivity contribution in [1.82, 2.24) is 0 Å². The number of benzene rings is 1. The third-order valence-electron chi connectivity index (χ3n) is 1.85. The number of rotatable bonds is 6. The quantitative estimate of drug-likeness (QED) is 0.323. The molecule has 84 valence electrons. The van der Waals surface area contributed by atoms with Gasteiger partial charge in [0.25, 0.3) is 0 Å². The van der Waals surface area contributed by atoms with Gasteiger partial charge in [0.15, 0.2) is 0 Å². The van der Waals surface area contributed by atoms with Crippen LogP contribution in [0, 0.1) is 0 Å². The van der Waals surface area contributed by atoms with Crippen molar-refractivity contribution in [3.8, 4) is 5.75 Å². The summed E-state index contributed by atoms with van der Waals surface area (Å²) in [4.78, 5) is 0. The number of hydrogen-bond acceptors (Lipinski definition) is 1. The van der Waals surface area contributed by atoms with Crippen molar-refractivity contribution in [2.24, 2.45) is 0 Å². The predicted molar refractivity (Wildman–Crippen MR) is 78.0 cm³/mol. The van der Waals surface area contributed by atoms with Crippen molar-refractivity contribution in [3.05, 3.63) is 67.0 Å². The molecule has 1 nitrogen and oxygen atoms in total. The van der Waals surface area contributed by atoms with Crippen molar-refractivity contribution >= 4 is 22.6 Å². The highest BCUT2D eigenvalue weighted by atomic mass is 127. The first-order valence-corrected chi connectivity index (χ1v) is 6.67. The number of alkyl halides is 1. The van der Waals surface area contributed by atoms with Gasteiger partial charge in [-0.3, -0.25) is 0 Å². The van der Waals surface area contributed by atoms with Gasteiger partial charge in [-0.2, -0.15) is 0 Å². The minimum atomic E-state index is 0.760. The molecular weight excluding hydrogens is 311 g/mol. The summed E-state index contributed by atoms with van der Waals surface area (Å²) < 4.78 is 6.76. The second-order valence-corrected chi connectivity index (χ2v) is 4.17. The molecule has 1 aromatic rings. The molecular formula is C14H15IO. The van der Waals surface area contributed by atoms with Gasteiger partial charge in [-0.15, -0.1) is 0 Å². The lowest BCUT2D eigenvalue weighted by Gasteiger charge is -2.04. The summed E-state index contributed by atoms with van der Waals surface area (Å²) in [7, 11) is 0. The third-order valence-corrected chi connectivity index (χ3v) is 2.48. The maximum atomic E-state index is 5.63. The van der Waals surface area contributed by atoms with E-state index in [0.29, 0.717) is 0 Å². The maximum Gasteiger partial charge on any atom is 0.127 e. The van der Waals surface area contributed by atoms with Gasteiger partial charge in [-0.05, 0) is 30.7 Å². The SMILES string of the molecule is C=C/C(=C\C=C/CCI)Oc1ccccc1. The van der Waals surface area contributed by atoms with Crippen LogP contribution < -0.4 is 4.74 Å². The maximum absolute atomic E-state index is 5.63. The largest absolute Gasteiger partial charge is 0.457 e. The molecule has 0 aliphatic rings. The minimum absolute atomic E-state index is 0.760. The smallest absolute Gasteiger partial charge is 0.127 e. The first-order chi connectivity index (χ1) is 7.86. The van der Waals surface area contributed by atoms with E-state index in [-0.39, 0.29) is 0 Å². The molecule has 0 saturated carbocycles. The van der Waals surface area contributed by atoms with Gasteiger partial charge in [0.1, 0.15) is 11.5 Å². The highest BCUT2D eigenvalue weighted by molar-refractivity contribution is 14.1. The fraction of sp³-hybridized carbons (Fsp3) is 0.143. The van der Waals surface area contributed by atoms with Gasteiger partial charge >= 0.3 is 0 Å². The Labute approximate surface area is 111 Å². The number of hydrogen-bond donors (Lipinski definition) is 0. The molecule has 1 rings (SSSR count). The summed E-state index contributed by atoms with van der Waals surface area (Å²) >= 11 is 2.35. The Balaban J connectivity index is 2.58. The van der Waals surface area contributed by atoms with Crippen LogP contribution in [0.3, 0.4) is 0 Å². The van der Waals surface area contributed by atoms with E-state index in [4.69, 9.17) is 4.74 Å². The zero-order chi connectivity index (χ0) is 11.6. The molecule has 0 unspecified atom stereocenters. The summed E-state index contributed by atoms with van der Waals surface area (Å²) in [6, 6.07) is 9.70. The summed E-state index contributed by atoms with van der Waals surface area (Å²) in [6.07, 6.45) is 8.82. The van der Waals surface area contributed by atoms with Gasteiger partial charge < -0.3 is 4.74 Å². The molecule has 0 atom stereocenters. The molecule has 0 heterocycles. The van der Waals surface area contributed by atoms with E-state index in [1.54, 1.807) is 6.08 Å². The fourth-order valence-corrected chi connectivity index (χ4v) is 1.45. The van der Waals surface area contributed by atoms with Crippen molar-refractivity contribution in [1.29, 1.82) is 0 Å². The van der Waals surface area contributed by atoms with Crippen molar-refractivity contribution in [3.63, 3.8) is 0 Å². The lowest BCUT2D eigenvalue weighted by molar-refractivity contribution is 0.445. The van der Waals surface area contributed by atoms with Crippen LogP contribution in [0.5, 0.6) is 5.75 Å². The van der Waals surface area contributed by atoms with E-state index in [1.807, 2.05) is 42.5 Å². The zero-order valence-electron chi connectivity index (χ0n) is 9.10. The van der Waals surface area contributed by atoms with Crippen molar-refractivity contribution in [2.45, 2.75) is 6.42 Å². The van der Waals surface area contributed by atoms with E-state index in [1.165, 1.54) is 0 Å². The molecule has 0 fully saturated rings. The summed E-state index contributed by atoms with van der Waals surface area (Å²) in [5.74, 6) is 1.59. The van der Waals surface area contributed by atoms with E-state index >= 15 is 0 Å². The van der Waals surface area contributed by atoms with Gasteiger partial charge in [0.05, 0.1) is 0 Å². The molecule has 0 bridgehead atoms. The molecule has 16 heavy (non-hydrogen) atoms. The second kappa shape index (κ2) is 8.16. The number of halogens is 1. The monoisotopic (exact) mass is 326 g/mol. The molecule has 0 aromatic heterocycles. The van der Waals surface area contributed by atoms with E-state index in [9.17, 15) is 0 Å². The van der Waals surface area contributed by atoms with Crippen molar-refractivity contribution < 1.29 is 4.74 Å². The molecule has 0 spiro atoms. The standard InChI is InChI=1S/C14H15IO/c1-2-13(9-7-4-8-12-15)16-14-10-5-3-6-11-14/h2-7,9-11H,1,8,12H2/b7-4-,13-9+. The summed E-state index contributed by atoms with van der Waals surface area (Å²) in [5, 5.41) is 0. The second-order valence-electron chi connectivity index (χ2n) is 3.09. The lowest BCUT2D eigenvalue weighted by Crippen LogP contribution is -1.90. The van der Waals surface area contributed by atoms with Crippen LogP contribution in [0.2, 0.25) is 0 Å². The van der Waals surface area contributed by atoms with Crippen LogP contribution in [-0.4, -0.2) is 4.43 Å². The number of ether oxygens (including phenoxy) is 1. The van der Waals surface area contributed by atoms with Crippen LogP contribution in [0.25, 0.3) is 0 Å². The van der Waals surface area contributed by atoms with Crippen LogP contribution in [-0.2, 0) is 0 Å². The highest BCUT2D eigenvalue weighted by Gasteiger charge is 1.93. The van der Waals surface area contributed by atoms with Gasteiger partial charge in [0.2, 0.25) is 0 Å². The van der Waals surface area contributed by atoms with E-state index in [0.717, 1.165) is 22.4 Å². The van der Waals surface area contributed by atoms with Crippen molar-refractivity contribution in [2.75, 3.05) is 4.43 Å². The van der Waals surface area contributed by atoms with Crippen LogP contribution in [0.1, 0.15) is 6.42 Å². The molecule has 0 aliphatic heterocycles. The molecule has 0 amide bonds. The van der Waals surface area contributed by atoms with Crippen LogP contribution in [0.15, 0.2) is 67.0 Å².